The molecule has 2 saturated heterocycles. The summed E-state index contributed by atoms with van der Waals surface area (Å²) in [6.45, 7) is 1.90. The maximum absolute atomic E-state index is 13.6. The van der Waals surface area contributed by atoms with Crippen molar-refractivity contribution in [2.75, 3.05) is 32.1 Å². The lowest BCUT2D eigenvalue weighted by atomic mass is 10.1. The highest BCUT2D eigenvalue weighted by Gasteiger charge is 2.54. The maximum atomic E-state index is 13.6. The third-order valence-electron chi connectivity index (χ3n) is 6.90. The highest BCUT2D eigenvalue weighted by molar-refractivity contribution is 7.88. The third-order valence-corrected chi connectivity index (χ3v) is 8.68. The number of rotatable bonds is 9. The minimum Gasteiger partial charge on any atom is -0.378 e. The number of carbonyl (C=O) groups excluding carboxylic acids is 3. The first-order chi connectivity index (χ1) is 17.6. The molecule has 198 valence electrons. The fourth-order valence-corrected chi connectivity index (χ4v) is 6.70. The Labute approximate surface area is 217 Å². The van der Waals surface area contributed by atoms with Gasteiger partial charge in [0.15, 0.2) is 5.78 Å². The molecule has 1 N–H and O–H groups in total. The van der Waals surface area contributed by atoms with Crippen molar-refractivity contribution in [3.63, 3.8) is 0 Å². The molecule has 2 aliphatic rings. The topological polar surface area (TPSA) is 120 Å². The lowest BCUT2D eigenvalue weighted by molar-refractivity contribution is -0.138. The fourth-order valence-electron chi connectivity index (χ4n) is 5.03. The molecule has 0 aliphatic carbocycles. The molecule has 0 radical (unpaired) electrons. The van der Waals surface area contributed by atoms with Crippen LogP contribution in [-0.4, -0.2) is 85.5 Å². The van der Waals surface area contributed by atoms with Crippen LogP contribution in [0.2, 0.25) is 0 Å². The van der Waals surface area contributed by atoms with Crippen LogP contribution in [-0.2, 0) is 25.4 Å². The molecule has 3 heterocycles. The number of aromatic nitrogens is 1. The Morgan fingerprint density at radius 1 is 1.16 bits per heavy atom. The number of carbonyl (C=O) groups is 3. The summed E-state index contributed by atoms with van der Waals surface area (Å²) >= 11 is 0. The summed E-state index contributed by atoms with van der Waals surface area (Å²) in [4.78, 5) is 46.9. The molecular weight excluding hydrogens is 494 g/mol. The summed E-state index contributed by atoms with van der Waals surface area (Å²) < 4.78 is 27.5. The van der Waals surface area contributed by atoms with Gasteiger partial charge in [-0.3, -0.25) is 19.4 Å². The fraction of sp³-hybridized carbons (Fsp3) is 0.462. The first-order valence-electron chi connectivity index (χ1n) is 12.4. The van der Waals surface area contributed by atoms with E-state index in [9.17, 15) is 22.8 Å². The first kappa shape index (κ1) is 26.7. The summed E-state index contributed by atoms with van der Waals surface area (Å²) in [5, 5.41) is 2.83. The van der Waals surface area contributed by atoms with Crippen LogP contribution in [0.1, 0.15) is 42.2 Å². The van der Waals surface area contributed by atoms with E-state index in [-0.39, 0.29) is 36.4 Å². The molecule has 10 nitrogen and oxygen atoms in total. The summed E-state index contributed by atoms with van der Waals surface area (Å²) in [6.07, 6.45) is 2.95. The van der Waals surface area contributed by atoms with Gasteiger partial charge in [-0.2, -0.15) is 4.31 Å². The number of benzene rings is 1. The van der Waals surface area contributed by atoms with Crippen molar-refractivity contribution in [1.82, 2.24) is 19.5 Å². The van der Waals surface area contributed by atoms with Crippen LogP contribution in [0.3, 0.4) is 0 Å². The van der Waals surface area contributed by atoms with Gasteiger partial charge in [-0.15, -0.1) is 0 Å². The van der Waals surface area contributed by atoms with Gasteiger partial charge in [-0.05, 0) is 49.2 Å². The number of ketones is 1. The molecule has 37 heavy (non-hydrogen) atoms. The number of hydrogen-bond acceptors (Lipinski definition) is 7. The molecule has 0 spiro atoms. The lowest BCUT2D eigenvalue weighted by Crippen LogP contribution is -2.52. The summed E-state index contributed by atoms with van der Waals surface area (Å²) in [6, 6.07) is 9.84. The molecule has 0 bridgehead atoms. The number of pyridine rings is 1. The summed E-state index contributed by atoms with van der Waals surface area (Å²) in [7, 11) is 0.00697. The number of fused-ring (bicyclic) bond motifs is 1. The molecule has 2 fully saturated rings. The van der Waals surface area contributed by atoms with E-state index in [4.69, 9.17) is 0 Å². The highest BCUT2D eigenvalue weighted by Crippen LogP contribution is 2.33. The van der Waals surface area contributed by atoms with E-state index in [0.717, 1.165) is 5.69 Å². The van der Waals surface area contributed by atoms with Gasteiger partial charge in [0, 0.05) is 38.1 Å². The molecule has 1 aromatic carbocycles. The minimum atomic E-state index is -3.81. The van der Waals surface area contributed by atoms with Crippen molar-refractivity contribution in [2.24, 2.45) is 0 Å². The van der Waals surface area contributed by atoms with Gasteiger partial charge in [0.2, 0.25) is 15.9 Å². The normalized spacial score (nSPS) is 20.5. The predicted octanol–water partition coefficient (Wildman–Crippen LogP) is 1.43. The number of Topliss-reactive ketones (excluding diaryl/α,β-unsaturated/α-hetero) is 1. The summed E-state index contributed by atoms with van der Waals surface area (Å²) in [5.41, 5.74) is 1.78. The lowest BCUT2D eigenvalue weighted by Gasteiger charge is -2.28. The molecule has 3 unspecified atom stereocenters. The van der Waals surface area contributed by atoms with Crippen LogP contribution in [0.4, 0.5) is 5.69 Å². The monoisotopic (exact) mass is 527 g/mol. The number of nitrogens with one attached hydrogen (secondary N) is 1. The van der Waals surface area contributed by atoms with Gasteiger partial charge in [0.1, 0.15) is 17.8 Å². The second-order valence-electron chi connectivity index (χ2n) is 9.68. The van der Waals surface area contributed by atoms with E-state index >= 15 is 0 Å². The SMILES string of the molecule is CCCC(NC(=O)c1ccc(N(C)C)cc1)C(=O)N1CCC2C1C(=O)CN2S(=O)(=O)Cc1ccccn1. The van der Waals surface area contributed by atoms with Crippen molar-refractivity contribution in [3.05, 3.63) is 59.9 Å². The van der Waals surface area contributed by atoms with Gasteiger partial charge >= 0.3 is 0 Å². The quantitative estimate of drug-likeness (QED) is 0.524. The second-order valence-corrected chi connectivity index (χ2v) is 11.6. The number of amides is 2. The molecular formula is C26H33N5O5S. The average Bonchev–Trinajstić information content (AvgIpc) is 3.45. The number of anilines is 1. The Hall–Kier alpha value is -3.31. The van der Waals surface area contributed by atoms with Crippen molar-refractivity contribution < 1.29 is 22.8 Å². The zero-order valence-electron chi connectivity index (χ0n) is 21.3. The number of nitrogens with zero attached hydrogens (tertiary/aromatic N) is 4. The molecule has 2 amide bonds. The van der Waals surface area contributed by atoms with E-state index in [0.29, 0.717) is 30.5 Å². The Morgan fingerprint density at radius 2 is 1.89 bits per heavy atom. The Bertz CT molecular complexity index is 1250. The van der Waals surface area contributed by atoms with Crippen molar-refractivity contribution in [3.8, 4) is 0 Å². The van der Waals surface area contributed by atoms with Gasteiger partial charge in [0.05, 0.1) is 18.3 Å². The smallest absolute Gasteiger partial charge is 0.251 e. The number of hydrogen-bond donors (Lipinski definition) is 1. The van der Waals surface area contributed by atoms with Crippen LogP contribution in [0.25, 0.3) is 0 Å². The van der Waals surface area contributed by atoms with Gasteiger partial charge < -0.3 is 15.1 Å². The summed E-state index contributed by atoms with van der Waals surface area (Å²) in [5.74, 6) is -1.34. The van der Waals surface area contributed by atoms with Crippen LogP contribution in [0.15, 0.2) is 48.7 Å². The van der Waals surface area contributed by atoms with Crippen molar-refractivity contribution in [2.45, 2.75) is 50.1 Å². The van der Waals surface area contributed by atoms with E-state index in [2.05, 4.69) is 10.3 Å². The van der Waals surface area contributed by atoms with Gasteiger partial charge in [0.25, 0.3) is 5.91 Å². The van der Waals surface area contributed by atoms with Crippen LogP contribution in [0.5, 0.6) is 0 Å². The molecule has 0 saturated carbocycles. The van der Waals surface area contributed by atoms with Gasteiger partial charge in [-0.1, -0.05) is 19.4 Å². The van der Waals surface area contributed by atoms with Crippen LogP contribution < -0.4 is 10.2 Å². The predicted molar refractivity (Wildman–Crippen MR) is 139 cm³/mol. The number of sulfonamides is 1. The van der Waals surface area contributed by atoms with Crippen molar-refractivity contribution >= 4 is 33.3 Å². The highest BCUT2D eigenvalue weighted by atomic mass is 32.2. The standard InChI is InChI=1S/C26H33N5O5S/c1-4-7-21(28-25(33)18-9-11-20(12-10-18)29(2)3)26(34)30-15-13-22-24(30)23(32)16-31(22)37(35,36)17-19-8-5-6-14-27-19/h5-6,8-12,14,21-22,24H,4,7,13,15-17H2,1-3H3,(H,28,33). The molecule has 3 atom stereocenters. The average molecular weight is 528 g/mol. The number of likely N-dealkylation sites (tertiary alicyclic amines) is 1. The van der Waals surface area contributed by atoms with E-state index in [1.54, 1.807) is 30.3 Å². The Balaban J connectivity index is 1.47. The van der Waals surface area contributed by atoms with Crippen molar-refractivity contribution in [1.29, 1.82) is 0 Å². The maximum Gasteiger partial charge on any atom is 0.251 e. The molecule has 4 rings (SSSR count). The Kier molecular flexibility index (Phi) is 7.93. The Morgan fingerprint density at radius 3 is 2.51 bits per heavy atom. The van der Waals surface area contributed by atoms with E-state index in [1.165, 1.54) is 15.4 Å². The largest absolute Gasteiger partial charge is 0.378 e. The zero-order chi connectivity index (χ0) is 26.7. The second kappa shape index (κ2) is 11.0. The molecule has 1 aromatic heterocycles. The van der Waals surface area contributed by atoms with Crippen LogP contribution in [0, 0.1) is 0 Å². The molecule has 2 aliphatic heterocycles. The molecule has 11 heteroatoms. The van der Waals surface area contributed by atoms with E-state index in [1.807, 2.05) is 38.1 Å². The van der Waals surface area contributed by atoms with Gasteiger partial charge in [-0.25, -0.2) is 8.42 Å². The minimum absolute atomic E-state index is 0.253. The van der Waals surface area contributed by atoms with E-state index < -0.39 is 28.1 Å². The van der Waals surface area contributed by atoms with Crippen LogP contribution >= 0.6 is 0 Å². The third kappa shape index (κ3) is 5.67. The first-order valence-corrected chi connectivity index (χ1v) is 14.0. The zero-order valence-corrected chi connectivity index (χ0v) is 22.1. The molecule has 2 aromatic rings.